The number of cyclic esters (lactones) is 1. The first kappa shape index (κ1) is 30.0. The highest BCUT2D eigenvalue weighted by molar-refractivity contribution is 5.95. The second kappa shape index (κ2) is 11.8. The molecule has 13 heteroatoms. The van der Waals surface area contributed by atoms with Gasteiger partial charge in [0.25, 0.3) is 5.91 Å². The number of hydrogen-bond donors (Lipinski definition) is 1. The summed E-state index contributed by atoms with van der Waals surface area (Å²) in [5.41, 5.74) is 3.94. The van der Waals surface area contributed by atoms with E-state index in [4.69, 9.17) is 33.2 Å². The number of ether oxygens (including phenoxy) is 7. The molecule has 6 rings (SSSR count). The number of carbonyl (C=O) groups is 3. The number of nitrogens with one attached hydrogen (secondary N) is 1. The van der Waals surface area contributed by atoms with Crippen LogP contribution in [0.4, 0.5) is 0 Å². The van der Waals surface area contributed by atoms with Gasteiger partial charge in [-0.1, -0.05) is 0 Å². The van der Waals surface area contributed by atoms with E-state index in [1.165, 1.54) is 21.3 Å². The van der Waals surface area contributed by atoms with Crippen LogP contribution in [0.1, 0.15) is 56.3 Å². The fraction of sp³-hybridized carbons (Fsp3) is 0.406. The van der Waals surface area contributed by atoms with Gasteiger partial charge in [-0.05, 0) is 56.2 Å². The number of rotatable bonds is 8. The molecule has 1 saturated heterocycles. The van der Waals surface area contributed by atoms with Gasteiger partial charge in [0.1, 0.15) is 18.3 Å². The molecular formula is C32H33N3O10. The summed E-state index contributed by atoms with van der Waals surface area (Å²) in [7, 11) is 4.55. The van der Waals surface area contributed by atoms with Crippen LogP contribution in [-0.2, 0) is 19.1 Å². The Morgan fingerprint density at radius 1 is 0.867 bits per heavy atom. The zero-order valence-corrected chi connectivity index (χ0v) is 25.7. The molecule has 0 unspecified atom stereocenters. The lowest BCUT2D eigenvalue weighted by atomic mass is 9.66. The fourth-order valence-electron chi connectivity index (χ4n) is 6.29. The van der Waals surface area contributed by atoms with E-state index < -0.39 is 48.2 Å². The fourth-order valence-corrected chi connectivity index (χ4v) is 6.29. The van der Waals surface area contributed by atoms with E-state index in [1.807, 2.05) is 0 Å². The van der Waals surface area contributed by atoms with Crippen molar-refractivity contribution in [3.63, 3.8) is 0 Å². The van der Waals surface area contributed by atoms with E-state index in [9.17, 15) is 14.4 Å². The van der Waals surface area contributed by atoms with Crippen LogP contribution in [0.2, 0.25) is 0 Å². The Morgan fingerprint density at radius 2 is 1.51 bits per heavy atom. The van der Waals surface area contributed by atoms with Gasteiger partial charge in [0, 0.05) is 17.4 Å². The molecule has 0 bridgehead atoms. The number of esters is 2. The number of methoxy groups -OCH3 is 3. The minimum absolute atomic E-state index is 0.0270. The summed E-state index contributed by atoms with van der Waals surface area (Å²) in [6, 6.07) is 7.16. The molecule has 1 N–H and O–H groups in total. The average Bonchev–Trinajstić information content (AvgIpc) is 3.66. The normalized spacial score (nSPS) is 20.9. The van der Waals surface area contributed by atoms with Crippen LogP contribution in [0.25, 0.3) is 0 Å². The van der Waals surface area contributed by atoms with Crippen LogP contribution < -0.4 is 29.0 Å². The van der Waals surface area contributed by atoms with Crippen LogP contribution in [-0.4, -0.2) is 69.1 Å². The van der Waals surface area contributed by atoms with Gasteiger partial charge >= 0.3 is 11.9 Å². The molecule has 1 aliphatic carbocycles. The van der Waals surface area contributed by atoms with Crippen molar-refractivity contribution in [2.75, 3.05) is 41.3 Å². The van der Waals surface area contributed by atoms with Crippen LogP contribution in [0.15, 0.2) is 24.3 Å². The van der Waals surface area contributed by atoms with E-state index in [0.29, 0.717) is 62.5 Å². The molecule has 3 heterocycles. The second-order valence-electron chi connectivity index (χ2n) is 11.0. The second-order valence-corrected chi connectivity index (χ2v) is 11.0. The molecule has 1 aromatic heterocycles. The lowest BCUT2D eigenvalue weighted by Crippen LogP contribution is -2.38. The molecule has 45 heavy (non-hydrogen) atoms. The standard InChI is InChI=1S/C32H33N3O10/c1-14-15(2)35-28(16(3)34-14)31(37)33-11-25(36)45-29-19-10-22-21(43-13-44-22)9-18(19)26(27-20(29)12-42-32(27)38)17-7-23(39-4)30(41-6)24(8-17)40-5/h7-10,20,26-27,29H,11-13H2,1-6H3,(H,33,37)/t20-,26+,27-,29-/m0/s1. The van der Waals surface area contributed by atoms with Crippen molar-refractivity contribution < 1.29 is 47.5 Å². The van der Waals surface area contributed by atoms with Gasteiger partial charge in [0.05, 0.1) is 50.9 Å². The minimum Gasteiger partial charge on any atom is -0.493 e. The van der Waals surface area contributed by atoms with Gasteiger partial charge < -0.3 is 38.5 Å². The Hall–Kier alpha value is -5.07. The highest BCUT2D eigenvalue weighted by Crippen LogP contribution is 2.56. The molecule has 4 atom stereocenters. The third-order valence-electron chi connectivity index (χ3n) is 8.51. The van der Waals surface area contributed by atoms with Gasteiger partial charge in [-0.2, -0.15) is 0 Å². The van der Waals surface area contributed by atoms with E-state index in [-0.39, 0.29) is 19.1 Å². The number of aromatic nitrogens is 2. The van der Waals surface area contributed by atoms with Gasteiger partial charge in [0.2, 0.25) is 12.5 Å². The summed E-state index contributed by atoms with van der Waals surface area (Å²) >= 11 is 0. The smallest absolute Gasteiger partial charge is 0.326 e. The molecular weight excluding hydrogens is 586 g/mol. The monoisotopic (exact) mass is 619 g/mol. The first-order chi connectivity index (χ1) is 21.6. The third kappa shape index (κ3) is 5.21. The summed E-state index contributed by atoms with van der Waals surface area (Å²) < 4.78 is 39.7. The zero-order valence-electron chi connectivity index (χ0n) is 25.7. The van der Waals surface area contributed by atoms with Crippen molar-refractivity contribution in [3.8, 4) is 28.7 Å². The maximum atomic E-state index is 13.4. The summed E-state index contributed by atoms with van der Waals surface area (Å²) in [5, 5.41) is 2.58. The number of amides is 1. The molecule has 2 aliphatic heterocycles. The number of aryl methyl sites for hydroxylation is 3. The molecule has 0 spiro atoms. The molecule has 13 nitrogen and oxygen atoms in total. The van der Waals surface area contributed by atoms with Crippen molar-refractivity contribution in [2.24, 2.45) is 11.8 Å². The summed E-state index contributed by atoms with van der Waals surface area (Å²) in [6.07, 6.45) is -0.878. The summed E-state index contributed by atoms with van der Waals surface area (Å²) in [4.78, 5) is 48.2. The first-order valence-electron chi connectivity index (χ1n) is 14.3. The predicted octanol–water partition coefficient (Wildman–Crippen LogP) is 3.11. The third-order valence-corrected chi connectivity index (χ3v) is 8.51. The largest absolute Gasteiger partial charge is 0.493 e. The Bertz CT molecular complexity index is 1680. The Labute approximate surface area is 259 Å². The van der Waals surface area contributed by atoms with Crippen LogP contribution in [0.5, 0.6) is 28.7 Å². The van der Waals surface area contributed by atoms with Crippen LogP contribution in [0.3, 0.4) is 0 Å². The summed E-state index contributed by atoms with van der Waals surface area (Å²) in [5.74, 6) is -1.24. The van der Waals surface area contributed by atoms with Crippen molar-refractivity contribution in [1.82, 2.24) is 15.3 Å². The lowest BCUT2D eigenvalue weighted by Gasteiger charge is -2.38. The number of nitrogens with zero attached hydrogens (tertiary/aromatic N) is 2. The van der Waals surface area contributed by atoms with Crippen molar-refractivity contribution >= 4 is 17.8 Å². The minimum atomic E-state index is -0.878. The average molecular weight is 620 g/mol. The SMILES string of the molecule is COc1cc([C@@H]2c3cc4c(cc3[C@H](OC(=O)CNC(=O)c3nc(C)c(C)nc3C)[C@H]3COC(=O)[C@H]23)OCO4)cc(OC)c1OC. The van der Waals surface area contributed by atoms with Gasteiger partial charge in [-0.15, -0.1) is 0 Å². The van der Waals surface area contributed by atoms with Crippen LogP contribution in [0, 0.1) is 32.6 Å². The van der Waals surface area contributed by atoms with Crippen LogP contribution >= 0.6 is 0 Å². The zero-order chi connectivity index (χ0) is 32.0. The van der Waals surface area contributed by atoms with E-state index in [2.05, 4.69) is 15.3 Å². The summed E-state index contributed by atoms with van der Waals surface area (Å²) in [6.45, 7) is 4.87. The van der Waals surface area contributed by atoms with Gasteiger partial charge in [0.15, 0.2) is 23.0 Å². The van der Waals surface area contributed by atoms with Gasteiger partial charge in [-0.25, -0.2) is 4.98 Å². The number of hydrogen-bond acceptors (Lipinski definition) is 12. The Morgan fingerprint density at radius 3 is 2.16 bits per heavy atom. The Balaban J connectivity index is 1.35. The lowest BCUT2D eigenvalue weighted by molar-refractivity contribution is -0.153. The molecule has 1 fully saturated rings. The molecule has 0 radical (unpaired) electrons. The van der Waals surface area contributed by atoms with Gasteiger partial charge in [-0.3, -0.25) is 19.4 Å². The molecule has 0 saturated carbocycles. The topological polar surface area (TPSA) is 154 Å². The highest BCUT2D eigenvalue weighted by atomic mass is 16.7. The molecule has 2 aromatic carbocycles. The quantitative estimate of drug-likeness (QED) is 0.369. The van der Waals surface area contributed by atoms with Crippen molar-refractivity contribution in [1.29, 1.82) is 0 Å². The molecule has 1 amide bonds. The molecule has 236 valence electrons. The molecule has 3 aromatic rings. The van der Waals surface area contributed by atoms with Crippen molar-refractivity contribution in [3.05, 3.63) is 63.7 Å². The molecule has 3 aliphatic rings. The number of carbonyl (C=O) groups excluding carboxylic acids is 3. The van der Waals surface area contributed by atoms with E-state index in [1.54, 1.807) is 45.0 Å². The number of benzene rings is 2. The van der Waals surface area contributed by atoms with E-state index >= 15 is 0 Å². The highest BCUT2D eigenvalue weighted by Gasteiger charge is 2.54. The first-order valence-corrected chi connectivity index (χ1v) is 14.3. The number of fused-ring (bicyclic) bond motifs is 3. The Kier molecular flexibility index (Phi) is 7.85. The van der Waals surface area contributed by atoms with E-state index in [0.717, 1.165) is 0 Å². The maximum Gasteiger partial charge on any atom is 0.326 e. The maximum absolute atomic E-state index is 13.4. The van der Waals surface area contributed by atoms with Crippen molar-refractivity contribution in [2.45, 2.75) is 32.8 Å². The predicted molar refractivity (Wildman–Crippen MR) is 156 cm³/mol.